The number of aryl methyl sites for hydroxylation is 1. The van der Waals surface area contributed by atoms with Crippen LogP contribution in [0.3, 0.4) is 0 Å². The van der Waals surface area contributed by atoms with E-state index in [9.17, 15) is 9.59 Å². The minimum atomic E-state index is -0.523. The van der Waals surface area contributed by atoms with E-state index in [1.165, 1.54) is 6.33 Å². The SMILES string of the molecule is Cc1ncnc(OCC=O)c1C1=CCC(OCC2NCCCC2NC(=O)OC(C)(C)C)CC1. The Kier molecular flexibility index (Phi) is 8.80. The molecule has 0 spiro atoms. The van der Waals surface area contributed by atoms with Gasteiger partial charge in [-0.25, -0.2) is 14.8 Å². The first-order valence-electron chi connectivity index (χ1n) is 11.7. The highest BCUT2D eigenvalue weighted by Crippen LogP contribution is 2.34. The van der Waals surface area contributed by atoms with Crippen LogP contribution in [0.2, 0.25) is 0 Å². The molecule has 1 aromatic heterocycles. The molecule has 2 N–H and O–H groups in total. The van der Waals surface area contributed by atoms with Crippen LogP contribution in [0, 0.1) is 6.92 Å². The number of rotatable bonds is 8. The Hall–Kier alpha value is -2.52. The number of nitrogens with zero attached hydrogens (tertiary/aromatic N) is 2. The number of allylic oxidation sites excluding steroid dienone is 1. The largest absolute Gasteiger partial charge is 0.469 e. The number of alkyl carbamates (subject to hydrolysis) is 1. The predicted octanol–water partition coefficient (Wildman–Crippen LogP) is 2.96. The van der Waals surface area contributed by atoms with Crippen LogP contribution in [0.25, 0.3) is 5.57 Å². The summed E-state index contributed by atoms with van der Waals surface area (Å²) in [6.07, 6.45) is 8.37. The Morgan fingerprint density at radius 1 is 1.30 bits per heavy atom. The smallest absolute Gasteiger partial charge is 0.407 e. The molecule has 1 saturated heterocycles. The van der Waals surface area contributed by atoms with Gasteiger partial charge >= 0.3 is 6.09 Å². The molecule has 1 aliphatic heterocycles. The van der Waals surface area contributed by atoms with Crippen LogP contribution in [0.1, 0.15) is 64.1 Å². The van der Waals surface area contributed by atoms with E-state index < -0.39 is 5.60 Å². The average molecular weight is 461 g/mol. The molecule has 1 aliphatic carbocycles. The lowest BCUT2D eigenvalue weighted by molar-refractivity contribution is -0.109. The molecule has 1 fully saturated rings. The Balaban J connectivity index is 1.55. The highest BCUT2D eigenvalue weighted by molar-refractivity contribution is 5.71. The highest BCUT2D eigenvalue weighted by atomic mass is 16.6. The number of amides is 1. The van der Waals surface area contributed by atoms with Gasteiger partial charge in [0.2, 0.25) is 5.88 Å². The number of hydrogen-bond acceptors (Lipinski definition) is 8. The number of ether oxygens (including phenoxy) is 3. The molecule has 3 atom stereocenters. The van der Waals surface area contributed by atoms with E-state index in [1.54, 1.807) is 0 Å². The molecule has 1 amide bonds. The van der Waals surface area contributed by atoms with Gasteiger partial charge < -0.3 is 24.8 Å². The predicted molar refractivity (Wildman–Crippen MR) is 124 cm³/mol. The van der Waals surface area contributed by atoms with Crippen molar-refractivity contribution in [3.63, 3.8) is 0 Å². The molecule has 3 rings (SSSR count). The molecule has 0 bridgehead atoms. The zero-order valence-electron chi connectivity index (χ0n) is 20.1. The van der Waals surface area contributed by atoms with E-state index in [0.29, 0.717) is 18.8 Å². The first-order chi connectivity index (χ1) is 15.8. The lowest BCUT2D eigenvalue weighted by atomic mass is 9.91. The Morgan fingerprint density at radius 2 is 2.12 bits per heavy atom. The van der Waals surface area contributed by atoms with Crippen molar-refractivity contribution in [2.45, 2.75) is 83.6 Å². The van der Waals surface area contributed by atoms with E-state index in [0.717, 1.165) is 55.5 Å². The normalized spacial score (nSPS) is 23.4. The van der Waals surface area contributed by atoms with Crippen LogP contribution >= 0.6 is 0 Å². The fraction of sp³-hybridized carbons (Fsp3) is 0.667. The number of carbonyl (C=O) groups is 2. The van der Waals surface area contributed by atoms with Crippen LogP contribution in [0.4, 0.5) is 4.79 Å². The van der Waals surface area contributed by atoms with Crippen LogP contribution in [-0.2, 0) is 14.3 Å². The summed E-state index contributed by atoms with van der Waals surface area (Å²) in [6, 6.07) is 0.0229. The summed E-state index contributed by atoms with van der Waals surface area (Å²) in [6.45, 7) is 8.89. The molecule has 9 heteroatoms. The minimum absolute atomic E-state index is 0.0232. The maximum atomic E-state index is 12.2. The Morgan fingerprint density at radius 3 is 2.82 bits per heavy atom. The van der Waals surface area contributed by atoms with Crippen molar-refractivity contribution in [2.75, 3.05) is 19.8 Å². The molecule has 33 heavy (non-hydrogen) atoms. The molecule has 1 aromatic rings. The van der Waals surface area contributed by atoms with E-state index >= 15 is 0 Å². The van der Waals surface area contributed by atoms with Crippen molar-refractivity contribution >= 4 is 18.0 Å². The number of piperidine rings is 1. The molecule has 2 aliphatic rings. The van der Waals surface area contributed by atoms with Crippen LogP contribution in [0.15, 0.2) is 12.4 Å². The Labute approximate surface area is 195 Å². The fourth-order valence-electron chi connectivity index (χ4n) is 4.23. The molecule has 9 nitrogen and oxygen atoms in total. The van der Waals surface area contributed by atoms with Gasteiger partial charge in [-0.3, -0.25) is 4.79 Å². The summed E-state index contributed by atoms with van der Waals surface area (Å²) in [7, 11) is 0. The third-order valence-electron chi connectivity index (χ3n) is 5.77. The van der Waals surface area contributed by atoms with Gasteiger partial charge in [0.25, 0.3) is 0 Å². The first kappa shape index (κ1) is 25.1. The summed E-state index contributed by atoms with van der Waals surface area (Å²) in [5.41, 5.74) is 2.30. The molecule has 0 radical (unpaired) electrons. The van der Waals surface area contributed by atoms with Gasteiger partial charge in [0.1, 0.15) is 18.5 Å². The van der Waals surface area contributed by atoms with Crippen molar-refractivity contribution in [1.29, 1.82) is 0 Å². The van der Waals surface area contributed by atoms with Gasteiger partial charge in [-0.2, -0.15) is 0 Å². The van der Waals surface area contributed by atoms with Crippen molar-refractivity contribution < 1.29 is 23.8 Å². The van der Waals surface area contributed by atoms with Crippen molar-refractivity contribution in [3.8, 4) is 5.88 Å². The van der Waals surface area contributed by atoms with Crippen molar-refractivity contribution in [3.05, 3.63) is 23.7 Å². The molecule has 0 aromatic carbocycles. The van der Waals surface area contributed by atoms with Gasteiger partial charge in [0, 0.05) is 6.04 Å². The summed E-state index contributed by atoms with van der Waals surface area (Å²) in [4.78, 5) is 31.4. The molecular weight excluding hydrogens is 424 g/mol. The topological polar surface area (TPSA) is 112 Å². The van der Waals surface area contributed by atoms with Gasteiger partial charge in [0.05, 0.1) is 30.0 Å². The molecule has 3 unspecified atom stereocenters. The lowest BCUT2D eigenvalue weighted by Gasteiger charge is -2.35. The number of hydrogen-bond donors (Lipinski definition) is 2. The monoisotopic (exact) mass is 460 g/mol. The summed E-state index contributed by atoms with van der Waals surface area (Å²) < 4.78 is 17.2. The minimum Gasteiger partial charge on any atom is -0.469 e. The van der Waals surface area contributed by atoms with E-state index in [1.807, 2.05) is 27.7 Å². The average Bonchev–Trinajstić information content (AvgIpc) is 2.76. The van der Waals surface area contributed by atoms with E-state index in [2.05, 4.69) is 26.7 Å². The van der Waals surface area contributed by atoms with Gasteiger partial charge in [-0.05, 0) is 71.9 Å². The van der Waals surface area contributed by atoms with E-state index in [-0.39, 0.29) is 30.9 Å². The number of aromatic nitrogens is 2. The number of carbonyl (C=O) groups excluding carboxylic acids is 2. The summed E-state index contributed by atoms with van der Waals surface area (Å²) in [5.74, 6) is 0.447. The molecule has 2 heterocycles. The van der Waals surface area contributed by atoms with Gasteiger partial charge in [-0.15, -0.1) is 0 Å². The van der Waals surface area contributed by atoms with Crippen molar-refractivity contribution in [1.82, 2.24) is 20.6 Å². The van der Waals surface area contributed by atoms with Crippen LogP contribution in [0.5, 0.6) is 5.88 Å². The van der Waals surface area contributed by atoms with Crippen molar-refractivity contribution in [2.24, 2.45) is 0 Å². The second kappa shape index (κ2) is 11.6. The second-order valence-corrected chi connectivity index (χ2v) is 9.53. The molecular formula is C24H36N4O5. The quantitative estimate of drug-likeness (QED) is 0.570. The lowest BCUT2D eigenvalue weighted by Crippen LogP contribution is -2.56. The second-order valence-electron chi connectivity index (χ2n) is 9.53. The number of aldehydes is 1. The standard InChI is InChI=1S/C24H36N4O5/c1-16-21(22(27-15-26-16)31-13-12-29)17-7-9-18(10-8-17)32-14-20-19(6-5-11-25-20)28-23(30)33-24(2,3)4/h7,12,15,18-20,25H,5-6,8-11,13-14H2,1-4H3,(H,28,30). The third-order valence-corrected chi connectivity index (χ3v) is 5.77. The van der Waals surface area contributed by atoms with Gasteiger partial charge in [0.15, 0.2) is 6.29 Å². The Bertz CT molecular complexity index is 852. The molecule has 0 saturated carbocycles. The molecule has 182 valence electrons. The first-order valence-corrected chi connectivity index (χ1v) is 11.7. The zero-order valence-corrected chi connectivity index (χ0v) is 20.1. The summed E-state index contributed by atoms with van der Waals surface area (Å²) >= 11 is 0. The maximum absolute atomic E-state index is 12.2. The van der Waals surface area contributed by atoms with E-state index in [4.69, 9.17) is 14.2 Å². The highest BCUT2D eigenvalue weighted by Gasteiger charge is 2.29. The van der Waals surface area contributed by atoms with Crippen LogP contribution in [-0.4, -0.2) is 65.9 Å². The maximum Gasteiger partial charge on any atom is 0.407 e. The number of nitrogens with one attached hydrogen (secondary N) is 2. The van der Waals surface area contributed by atoms with Gasteiger partial charge in [-0.1, -0.05) is 6.08 Å². The summed E-state index contributed by atoms with van der Waals surface area (Å²) in [5, 5.41) is 6.48. The fourth-order valence-corrected chi connectivity index (χ4v) is 4.23. The third kappa shape index (κ3) is 7.50. The zero-order chi connectivity index (χ0) is 23.8. The van der Waals surface area contributed by atoms with Crippen LogP contribution < -0.4 is 15.4 Å².